The number of nitrogens with one attached hydrogen (secondary N) is 1. The van der Waals surface area contributed by atoms with Crippen LogP contribution in [0.5, 0.6) is 5.75 Å². The predicted octanol–water partition coefficient (Wildman–Crippen LogP) is 2.76. The van der Waals surface area contributed by atoms with Gasteiger partial charge in [0.05, 0.1) is 31.2 Å². The Bertz CT molecular complexity index is 872. The third kappa shape index (κ3) is 8.50. The Kier molecular flexibility index (Phi) is 9.51. The van der Waals surface area contributed by atoms with E-state index in [2.05, 4.69) is 16.4 Å². The Labute approximate surface area is 207 Å². The second-order valence-corrected chi connectivity index (χ2v) is 10.4. The van der Waals surface area contributed by atoms with Crippen molar-refractivity contribution in [3.8, 4) is 5.75 Å². The minimum absolute atomic E-state index is 0.0638. The van der Waals surface area contributed by atoms with Crippen LogP contribution in [0.15, 0.2) is 24.4 Å². The van der Waals surface area contributed by atoms with Crippen molar-refractivity contribution < 1.29 is 29.3 Å². The lowest BCUT2D eigenvalue weighted by atomic mass is 9.87. The van der Waals surface area contributed by atoms with E-state index in [4.69, 9.17) is 14.6 Å². The molecule has 1 saturated heterocycles. The summed E-state index contributed by atoms with van der Waals surface area (Å²) in [5.41, 5.74) is 1.52. The number of aliphatic hydroxyl groups excluding tert-OH is 2. The van der Waals surface area contributed by atoms with Crippen LogP contribution in [0.25, 0.3) is 5.57 Å². The number of aromatic nitrogens is 1. The van der Waals surface area contributed by atoms with Crippen LogP contribution < -0.4 is 10.1 Å². The third-order valence-corrected chi connectivity index (χ3v) is 6.32. The quantitative estimate of drug-likeness (QED) is 0.513. The molecule has 2 atom stereocenters. The molecule has 3 N–H and O–H groups in total. The summed E-state index contributed by atoms with van der Waals surface area (Å²) in [5.74, 6) is 0.880. The van der Waals surface area contributed by atoms with Crippen LogP contribution in [-0.2, 0) is 9.53 Å². The van der Waals surface area contributed by atoms with Crippen molar-refractivity contribution in [3.63, 3.8) is 0 Å². The van der Waals surface area contributed by atoms with E-state index in [1.165, 1.54) is 0 Å². The summed E-state index contributed by atoms with van der Waals surface area (Å²) in [4.78, 5) is 30.7. The Balaban J connectivity index is 1.40. The first kappa shape index (κ1) is 26.9. The van der Waals surface area contributed by atoms with E-state index in [9.17, 15) is 14.7 Å². The van der Waals surface area contributed by atoms with Gasteiger partial charge in [0.2, 0.25) is 5.91 Å². The number of likely N-dealkylation sites (tertiary alicyclic amines) is 1. The van der Waals surface area contributed by atoms with E-state index in [-0.39, 0.29) is 31.1 Å². The third-order valence-electron chi connectivity index (χ3n) is 6.32. The molecule has 0 bridgehead atoms. The largest absolute Gasteiger partial charge is 0.492 e. The maximum absolute atomic E-state index is 12.2. The summed E-state index contributed by atoms with van der Waals surface area (Å²) in [6.07, 6.45) is 6.47. The molecule has 1 aliphatic heterocycles. The molecule has 1 aliphatic carbocycles. The number of amides is 2. The number of ether oxygens (including phenoxy) is 2. The predicted molar refractivity (Wildman–Crippen MR) is 132 cm³/mol. The summed E-state index contributed by atoms with van der Waals surface area (Å²) in [5, 5.41) is 20.9. The SMILES string of the molecule is CC(C)(C)OC(=O)N1CCC(COc2ccc(C3=CCC(C(=O)NC[C@@H](O)CO)CC3)nc2)CC1. The molecule has 2 aliphatic rings. The fourth-order valence-corrected chi connectivity index (χ4v) is 4.21. The van der Waals surface area contributed by atoms with E-state index in [1.807, 2.05) is 32.9 Å². The van der Waals surface area contributed by atoms with Crippen LogP contribution >= 0.6 is 0 Å². The minimum Gasteiger partial charge on any atom is -0.492 e. The van der Waals surface area contributed by atoms with Gasteiger partial charge < -0.3 is 29.9 Å². The second kappa shape index (κ2) is 12.4. The van der Waals surface area contributed by atoms with Crippen LogP contribution in [0, 0.1) is 11.8 Å². The molecule has 1 aromatic rings. The van der Waals surface area contributed by atoms with Gasteiger partial charge in [0, 0.05) is 25.6 Å². The van der Waals surface area contributed by atoms with E-state index >= 15 is 0 Å². The zero-order valence-corrected chi connectivity index (χ0v) is 21.0. The second-order valence-electron chi connectivity index (χ2n) is 10.4. The molecule has 9 nitrogen and oxygen atoms in total. The Morgan fingerprint density at radius 3 is 2.54 bits per heavy atom. The molecule has 0 radical (unpaired) electrons. The molecule has 35 heavy (non-hydrogen) atoms. The van der Waals surface area contributed by atoms with Crippen LogP contribution in [0.3, 0.4) is 0 Å². The molecule has 194 valence electrons. The molecule has 0 saturated carbocycles. The van der Waals surface area contributed by atoms with Gasteiger partial charge in [-0.2, -0.15) is 0 Å². The number of hydrogen-bond donors (Lipinski definition) is 3. The zero-order chi connectivity index (χ0) is 25.4. The lowest BCUT2D eigenvalue weighted by Crippen LogP contribution is -2.42. The molecule has 2 heterocycles. The average molecular weight is 490 g/mol. The number of piperidine rings is 1. The van der Waals surface area contributed by atoms with Gasteiger partial charge in [-0.15, -0.1) is 0 Å². The van der Waals surface area contributed by atoms with Crippen molar-refractivity contribution >= 4 is 17.6 Å². The monoisotopic (exact) mass is 489 g/mol. The smallest absolute Gasteiger partial charge is 0.410 e. The van der Waals surface area contributed by atoms with Gasteiger partial charge in [-0.1, -0.05) is 6.08 Å². The van der Waals surface area contributed by atoms with Gasteiger partial charge in [-0.3, -0.25) is 9.78 Å². The number of aliphatic hydroxyl groups is 2. The van der Waals surface area contributed by atoms with Crippen molar-refractivity contribution in [2.75, 3.05) is 32.8 Å². The van der Waals surface area contributed by atoms with Crippen molar-refractivity contribution in [3.05, 3.63) is 30.1 Å². The van der Waals surface area contributed by atoms with Crippen LogP contribution in [0.1, 0.15) is 58.6 Å². The highest BCUT2D eigenvalue weighted by Gasteiger charge is 2.27. The number of hydrogen-bond acceptors (Lipinski definition) is 7. The molecule has 9 heteroatoms. The summed E-state index contributed by atoms with van der Waals surface area (Å²) >= 11 is 0. The van der Waals surface area contributed by atoms with E-state index in [0.29, 0.717) is 32.0 Å². The molecule has 1 unspecified atom stereocenters. The van der Waals surface area contributed by atoms with Gasteiger partial charge in [-0.25, -0.2) is 4.79 Å². The first-order chi connectivity index (χ1) is 16.6. The van der Waals surface area contributed by atoms with E-state index in [0.717, 1.165) is 42.7 Å². The normalized spacial score (nSPS) is 20.1. The fourth-order valence-electron chi connectivity index (χ4n) is 4.21. The molecule has 3 rings (SSSR count). The average Bonchev–Trinajstić information content (AvgIpc) is 2.85. The first-order valence-electron chi connectivity index (χ1n) is 12.5. The molecule has 0 aromatic carbocycles. The summed E-state index contributed by atoms with van der Waals surface area (Å²) in [6, 6.07) is 3.87. The molecule has 0 spiro atoms. The van der Waals surface area contributed by atoms with Crippen molar-refractivity contribution in [1.82, 2.24) is 15.2 Å². The van der Waals surface area contributed by atoms with Gasteiger partial charge >= 0.3 is 6.09 Å². The maximum Gasteiger partial charge on any atom is 0.410 e. The zero-order valence-electron chi connectivity index (χ0n) is 21.0. The standard InChI is InChI=1S/C26H39N3O6/c1-26(2,3)35-25(33)29-12-10-18(11-13-29)17-34-22-8-9-23(27-15-22)19-4-6-20(7-5-19)24(32)28-14-21(31)16-30/h4,8-9,15,18,20-21,30-31H,5-7,10-14,16-17H2,1-3H3,(H,28,32)/t20?,21-/m1/s1. The number of allylic oxidation sites excluding steroid dienone is 2. The molecule has 1 fully saturated rings. The Morgan fingerprint density at radius 1 is 1.23 bits per heavy atom. The van der Waals surface area contributed by atoms with Crippen molar-refractivity contribution in [1.29, 1.82) is 0 Å². The highest BCUT2D eigenvalue weighted by Crippen LogP contribution is 2.30. The highest BCUT2D eigenvalue weighted by atomic mass is 16.6. The Morgan fingerprint density at radius 2 is 1.97 bits per heavy atom. The minimum atomic E-state index is -0.927. The van der Waals surface area contributed by atoms with Gasteiger partial charge in [0.25, 0.3) is 0 Å². The van der Waals surface area contributed by atoms with Crippen molar-refractivity contribution in [2.45, 2.75) is 64.6 Å². The molecule has 2 amide bonds. The number of carbonyl (C=O) groups is 2. The summed E-state index contributed by atoms with van der Waals surface area (Å²) in [6.45, 7) is 7.26. The number of carbonyl (C=O) groups excluding carboxylic acids is 2. The van der Waals surface area contributed by atoms with E-state index in [1.54, 1.807) is 11.1 Å². The molecule has 1 aromatic heterocycles. The fraction of sp³-hybridized carbons (Fsp3) is 0.654. The van der Waals surface area contributed by atoms with Crippen LogP contribution in [0.4, 0.5) is 4.79 Å². The lowest BCUT2D eigenvalue weighted by Gasteiger charge is -2.33. The molecular formula is C26H39N3O6. The maximum atomic E-state index is 12.2. The first-order valence-corrected chi connectivity index (χ1v) is 12.5. The lowest BCUT2D eigenvalue weighted by molar-refractivity contribution is -0.125. The Hall–Kier alpha value is -2.65. The number of pyridine rings is 1. The van der Waals surface area contributed by atoms with Crippen LogP contribution in [0.2, 0.25) is 0 Å². The summed E-state index contributed by atoms with van der Waals surface area (Å²) < 4.78 is 11.4. The van der Waals surface area contributed by atoms with Gasteiger partial charge in [0.1, 0.15) is 11.4 Å². The van der Waals surface area contributed by atoms with Crippen LogP contribution in [-0.4, -0.2) is 76.7 Å². The topological polar surface area (TPSA) is 121 Å². The van der Waals surface area contributed by atoms with Gasteiger partial charge in [0.15, 0.2) is 0 Å². The highest BCUT2D eigenvalue weighted by molar-refractivity contribution is 5.80. The molecular weight excluding hydrogens is 450 g/mol. The van der Waals surface area contributed by atoms with Gasteiger partial charge in [-0.05, 0) is 76.5 Å². The number of nitrogens with zero attached hydrogens (tertiary/aromatic N) is 2. The number of rotatable bonds is 8. The van der Waals surface area contributed by atoms with Crippen molar-refractivity contribution in [2.24, 2.45) is 11.8 Å². The van der Waals surface area contributed by atoms with E-state index < -0.39 is 11.7 Å². The summed E-state index contributed by atoms with van der Waals surface area (Å²) in [7, 11) is 0.